The van der Waals surface area contributed by atoms with Gasteiger partial charge in [0.05, 0.1) is 23.3 Å². The molecule has 1 saturated carbocycles. The van der Waals surface area contributed by atoms with Gasteiger partial charge in [0.2, 0.25) is 10.0 Å². The predicted octanol–water partition coefficient (Wildman–Crippen LogP) is 2.43. The number of ether oxygens (including phenoxy) is 1. The van der Waals surface area contributed by atoms with Crippen molar-refractivity contribution in [2.24, 2.45) is 0 Å². The van der Waals surface area contributed by atoms with Crippen molar-refractivity contribution in [2.75, 3.05) is 0 Å². The molecule has 1 aromatic carbocycles. The molecule has 1 aliphatic rings. The first-order valence-electron chi connectivity index (χ1n) is 8.31. The Hall–Kier alpha value is -2.45. The van der Waals surface area contributed by atoms with Crippen LogP contribution in [0.2, 0.25) is 0 Å². The zero-order valence-corrected chi connectivity index (χ0v) is 14.8. The quantitative estimate of drug-likeness (QED) is 0.776. The number of esters is 1. The summed E-state index contributed by atoms with van der Waals surface area (Å²) in [6.45, 7) is 0.0307. The number of Topliss-reactive ketones (excluding diaryl/α,β-unsaturated/α-hetero) is 1. The maximum Gasteiger partial charge on any atom is 0.338 e. The van der Waals surface area contributed by atoms with E-state index in [4.69, 9.17) is 9.15 Å². The SMILES string of the molecule is O=C(OC1CCCCC1=O)c1ccc(S(=O)(=O)NCc2ccco2)cc1. The van der Waals surface area contributed by atoms with Crippen molar-refractivity contribution in [1.29, 1.82) is 0 Å². The normalized spacial score (nSPS) is 17.8. The number of sulfonamides is 1. The summed E-state index contributed by atoms with van der Waals surface area (Å²) in [4.78, 5) is 23.9. The van der Waals surface area contributed by atoms with Crippen LogP contribution in [0.5, 0.6) is 0 Å². The second-order valence-electron chi connectivity index (χ2n) is 6.03. The van der Waals surface area contributed by atoms with Gasteiger partial charge in [-0.1, -0.05) is 0 Å². The minimum absolute atomic E-state index is 0.0225. The van der Waals surface area contributed by atoms with Crippen molar-refractivity contribution >= 4 is 21.8 Å². The number of rotatable bonds is 6. The summed E-state index contributed by atoms with van der Waals surface area (Å²) in [6.07, 6.45) is 3.40. The van der Waals surface area contributed by atoms with Crippen molar-refractivity contribution in [2.45, 2.75) is 43.2 Å². The number of hydrogen-bond donors (Lipinski definition) is 1. The van der Waals surface area contributed by atoms with Crippen LogP contribution >= 0.6 is 0 Å². The fraction of sp³-hybridized carbons (Fsp3) is 0.333. The first-order chi connectivity index (χ1) is 12.5. The molecule has 1 unspecified atom stereocenters. The molecule has 138 valence electrons. The van der Waals surface area contributed by atoms with Crippen molar-refractivity contribution in [3.63, 3.8) is 0 Å². The molecule has 1 aliphatic carbocycles. The van der Waals surface area contributed by atoms with Gasteiger partial charge in [-0.3, -0.25) is 4.79 Å². The highest BCUT2D eigenvalue weighted by Crippen LogP contribution is 2.19. The summed E-state index contributed by atoms with van der Waals surface area (Å²) < 4.78 is 37.3. The zero-order valence-electron chi connectivity index (χ0n) is 14.0. The second kappa shape index (κ2) is 7.84. The highest BCUT2D eigenvalue weighted by Gasteiger charge is 2.26. The van der Waals surface area contributed by atoms with Gasteiger partial charge in [-0.05, 0) is 55.7 Å². The Balaban J connectivity index is 1.63. The van der Waals surface area contributed by atoms with Gasteiger partial charge in [0.25, 0.3) is 0 Å². The number of furan rings is 1. The van der Waals surface area contributed by atoms with Crippen molar-refractivity contribution < 1.29 is 27.2 Å². The number of carbonyl (C=O) groups excluding carboxylic acids is 2. The van der Waals surface area contributed by atoms with Gasteiger partial charge in [-0.25, -0.2) is 17.9 Å². The monoisotopic (exact) mass is 377 g/mol. The molecule has 0 bridgehead atoms. The van der Waals surface area contributed by atoms with Gasteiger partial charge in [-0.2, -0.15) is 0 Å². The Morgan fingerprint density at radius 1 is 1.19 bits per heavy atom. The van der Waals surface area contributed by atoms with Gasteiger partial charge < -0.3 is 9.15 Å². The lowest BCUT2D eigenvalue weighted by Crippen LogP contribution is -2.30. The average molecular weight is 377 g/mol. The molecule has 1 N–H and O–H groups in total. The highest BCUT2D eigenvalue weighted by molar-refractivity contribution is 7.89. The Morgan fingerprint density at radius 3 is 2.62 bits per heavy atom. The molecule has 1 fully saturated rings. The molecule has 0 amide bonds. The van der Waals surface area contributed by atoms with Crippen molar-refractivity contribution in [1.82, 2.24) is 4.72 Å². The van der Waals surface area contributed by atoms with Crippen LogP contribution in [0.15, 0.2) is 52.0 Å². The molecular weight excluding hydrogens is 358 g/mol. The topological polar surface area (TPSA) is 103 Å². The fourth-order valence-corrected chi connectivity index (χ4v) is 3.70. The molecule has 26 heavy (non-hydrogen) atoms. The van der Waals surface area contributed by atoms with E-state index in [2.05, 4.69) is 4.72 Å². The standard InChI is InChI=1S/C18H19NO6S/c20-16-5-1-2-6-17(16)25-18(21)13-7-9-15(10-8-13)26(22,23)19-12-14-4-3-11-24-14/h3-4,7-11,17,19H,1-2,5-6,12H2. The first kappa shape index (κ1) is 18.3. The van der Waals surface area contributed by atoms with Crippen LogP contribution in [0.4, 0.5) is 0 Å². The maximum absolute atomic E-state index is 12.3. The average Bonchev–Trinajstić information content (AvgIpc) is 3.16. The van der Waals surface area contributed by atoms with E-state index in [0.29, 0.717) is 18.6 Å². The lowest BCUT2D eigenvalue weighted by atomic mass is 9.96. The zero-order chi connectivity index (χ0) is 18.6. The van der Waals surface area contributed by atoms with Gasteiger partial charge in [0.1, 0.15) is 5.76 Å². The number of nitrogens with one attached hydrogen (secondary N) is 1. The Labute approximate surface area is 151 Å². The van der Waals surface area contributed by atoms with Crippen LogP contribution in [-0.4, -0.2) is 26.3 Å². The second-order valence-corrected chi connectivity index (χ2v) is 7.80. The number of benzene rings is 1. The van der Waals surface area contributed by atoms with Crippen LogP contribution in [0, 0.1) is 0 Å². The van der Waals surface area contributed by atoms with E-state index in [1.165, 1.54) is 30.5 Å². The van der Waals surface area contributed by atoms with Crippen LogP contribution < -0.4 is 4.72 Å². The Morgan fingerprint density at radius 2 is 1.96 bits per heavy atom. The van der Waals surface area contributed by atoms with Crippen LogP contribution in [0.1, 0.15) is 41.8 Å². The van der Waals surface area contributed by atoms with Crippen LogP contribution in [-0.2, 0) is 26.1 Å². The molecule has 1 heterocycles. The molecular formula is C18H19NO6S. The van der Waals surface area contributed by atoms with E-state index < -0.39 is 22.1 Å². The van der Waals surface area contributed by atoms with E-state index in [0.717, 1.165) is 12.8 Å². The third-order valence-electron chi connectivity index (χ3n) is 4.16. The molecule has 3 rings (SSSR count). The third kappa shape index (κ3) is 4.39. The number of hydrogen-bond acceptors (Lipinski definition) is 6. The first-order valence-corrected chi connectivity index (χ1v) is 9.80. The van der Waals surface area contributed by atoms with E-state index >= 15 is 0 Å². The minimum Gasteiger partial charge on any atom is -0.468 e. The van der Waals surface area contributed by atoms with Crippen LogP contribution in [0.3, 0.4) is 0 Å². The number of carbonyl (C=O) groups is 2. The van der Waals surface area contributed by atoms with Gasteiger partial charge in [-0.15, -0.1) is 0 Å². The Kier molecular flexibility index (Phi) is 5.53. The lowest BCUT2D eigenvalue weighted by molar-refractivity contribution is -0.129. The fourth-order valence-electron chi connectivity index (χ4n) is 2.71. The van der Waals surface area contributed by atoms with Crippen LogP contribution in [0.25, 0.3) is 0 Å². The van der Waals surface area contributed by atoms with E-state index in [1.54, 1.807) is 12.1 Å². The lowest BCUT2D eigenvalue weighted by Gasteiger charge is -2.20. The molecule has 1 aromatic heterocycles. The largest absolute Gasteiger partial charge is 0.468 e. The minimum atomic E-state index is -3.73. The molecule has 0 saturated heterocycles. The van der Waals surface area contributed by atoms with Gasteiger partial charge >= 0.3 is 5.97 Å². The summed E-state index contributed by atoms with van der Waals surface area (Å²) in [5, 5.41) is 0. The summed E-state index contributed by atoms with van der Waals surface area (Å²) in [5.74, 6) is -0.199. The molecule has 7 nitrogen and oxygen atoms in total. The van der Waals surface area contributed by atoms with Gasteiger partial charge in [0.15, 0.2) is 11.9 Å². The van der Waals surface area contributed by atoms with E-state index in [-0.39, 0.29) is 22.8 Å². The maximum atomic E-state index is 12.3. The summed E-state index contributed by atoms with van der Waals surface area (Å²) in [7, 11) is -3.73. The molecule has 0 aliphatic heterocycles. The Bertz CT molecular complexity index is 871. The summed E-state index contributed by atoms with van der Waals surface area (Å²) in [6, 6.07) is 8.72. The summed E-state index contributed by atoms with van der Waals surface area (Å²) in [5.41, 5.74) is 0.202. The van der Waals surface area contributed by atoms with Crippen molar-refractivity contribution in [3.05, 3.63) is 54.0 Å². The van der Waals surface area contributed by atoms with Gasteiger partial charge in [0, 0.05) is 6.42 Å². The molecule has 2 aromatic rings. The van der Waals surface area contributed by atoms with E-state index in [1.807, 2.05) is 0 Å². The highest BCUT2D eigenvalue weighted by atomic mass is 32.2. The van der Waals surface area contributed by atoms with E-state index in [9.17, 15) is 18.0 Å². The number of ketones is 1. The summed E-state index contributed by atoms with van der Waals surface area (Å²) >= 11 is 0. The third-order valence-corrected chi connectivity index (χ3v) is 5.58. The van der Waals surface area contributed by atoms with Crippen molar-refractivity contribution in [3.8, 4) is 0 Å². The smallest absolute Gasteiger partial charge is 0.338 e. The molecule has 0 spiro atoms. The predicted molar refractivity (Wildman–Crippen MR) is 91.9 cm³/mol. The molecule has 1 atom stereocenters. The molecule has 8 heteroatoms. The molecule has 0 radical (unpaired) electrons.